The van der Waals surface area contributed by atoms with Gasteiger partial charge in [-0.3, -0.25) is 0 Å². The van der Waals surface area contributed by atoms with E-state index in [9.17, 15) is 8.42 Å². The van der Waals surface area contributed by atoms with Gasteiger partial charge in [0.2, 0.25) is 10.0 Å². The summed E-state index contributed by atoms with van der Waals surface area (Å²) in [5.74, 6) is 0. The summed E-state index contributed by atoms with van der Waals surface area (Å²) >= 11 is 0. The van der Waals surface area contributed by atoms with Crippen LogP contribution >= 0.6 is 0 Å². The van der Waals surface area contributed by atoms with E-state index >= 15 is 0 Å². The molecule has 3 rings (SSSR count). The molecule has 2 aromatic carbocycles. The van der Waals surface area contributed by atoms with Crippen LogP contribution in [-0.4, -0.2) is 27.0 Å². The quantitative estimate of drug-likeness (QED) is 0.911. The zero-order valence-electron chi connectivity index (χ0n) is 12.1. The van der Waals surface area contributed by atoms with Gasteiger partial charge >= 0.3 is 0 Å². The molecule has 1 aliphatic heterocycles. The molecule has 0 aromatic heterocycles. The maximum absolute atomic E-state index is 12.6. The SMILES string of the molecule is CC1(CNS(=O)(=O)c2cccc3ccccc23)CCCN1. The first kappa shape index (κ1) is 14.5. The zero-order chi connectivity index (χ0) is 14.9. The van der Waals surface area contributed by atoms with Crippen LogP contribution in [0.25, 0.3) is 10.8 Å². The smallest absolute Gasteiger partial charge is 0.241 e. The predicted octanol–water partition coefficient (Wildman–Crippen LogP) is 2.26. The van der Waals surface area contributed by atoms with E-state index in [1.54, 1.807) is 12.1 Å². The minimum Gasteiger partial charge on any atom is -0.310 e. The van der Waals surface area contributed by atoms with Gasteiger partial charge in [-0.2, -0.15) is 0 Å². The van der Waals surface area contributed by atoms with Gasteiger partial charge < -0.3 is 5.32 Å². The van der Waals surface area contributed by atoms with Crippen molar-refractivity contribution in [2.24, 2.45) is 0 Å². The Morgan fingerprint density at radius 3 is 2.71 bits per heavy atom. The van der Waals surface area contributed by atoms with Crippen LogP contribution in [-0.2, 0) is 10.0 Å². The number of fused-ring (bicyclic) bond motifs is 1. The Labute approximate surface area is 125 Å². The molecule has 4 nitrogen and oxygen atoms in total. The summed E-state index contributed by atoms with van der Waals surface area (Å²) in [6.45, 7) is 3.43. The summed E-state index contributed by atoms with van der Waals surface area (Å²) in [4.78, 5) is 0.349. The minimum absolute atomic E-state index is 0.141. The third-order valence-corrected chi connectivity index (χ3v) is 5.61. The van der Waals surface area contributed by atoms with Gasteiger partial charge in [-0.1, -0.05) is 36.4 Å². The molecule has 1 saturated heterocycles. The molecular formula is C16H20N2O2S. The van der Waals surface area contributed by atoms with Gasteiger partial charge in [0.25, 0.3) is 0 Å². The summed E-state index contributed by atoms with van der Waals surface area (Å²) in [5.41, 5.74) is -0.141. The monoisotopic (exact) mass is 304 g/mol. The van der Waals surface area contributed by atoms with Gasteiger partial charge in [-0.15, -0.1) is 0 Å². The van der Waals surface area contributed by atoms with Gasteiger partial charge in [0.05, 0.1) is 4.90 Å². The maximum Gasteiger partial charge on any atom is 0.241 e. The van der Waals surface area contributed by atoms with Crippen molar-refractivity contribution in [3.63, 3.8) is 0 Å². The maximum atomic E-state index is 12.6. The van der Waals surface area contributed by atoms with Gasteiger partial charge in [0, 0.05) is 17.5 Å². The molecule has 0 radical (unpaired) electrons. The molecule has 1 aliphatic rings. The van der Waals surface area contributed by atoms with Crippen molar-refractivity contribution in [3.8, 4) is 0 Å². The zero-order valence-corrected chi connectivity index (χ0v) is 12.9. The summed E-state index contributed by atoms with van der Waals surface area (Å²) in [7, 11) is -3.50. The first-order valence-corrected chi connectivity index (χ1v) is 8.71. The second-order valence-electron chi connectivity index (χ2n) is 5.89. The Balaban J connectivity index is 1.90. The number of benzene rings is 2. The highest BCUT2D eigenvalue weighted by Gasteiger charge is 2.30. The second kappa shape index (κ2) is 5.40. The van der Waals surface area contributed by atoms with Gasteiger partial charge in [-0.05, 0) is 37.8 Å². The molecule has 0 saturated carbocycles. The lowest BCUT2D eigenvalue weighted by Crippen LogP contribution is -2.47. The average Bonchev–Trinajstić information content (AvgIpc) is 2.92. The first-order chi connectivity index (χ1) is 10.0. The van der Waals surface area contributed by atoms with Gasteiger partial charge in [0.1, 0.15) is 0 Å². The van der Waals surface area contributed by atoms with Crippen molar-refractivity contribution < 1.29 is 8.42 Å². The van der Waals surface area contributed by atoms with E-state index in [0.717, 1.165) is 30.2 Å². The normalized spacial score (nSPS) is 22.7. The fourth-order valence-corrected chi connectivity index (χ4v) is 4.27. The molecule has 2 N–H and O–H groups in total. The molecule has 5 heteroatoms. The van der Waals surface area contributed by atoms with Gasteiger partial charge in [-0.25, -0.2) is 13.1 Å². The van der Waals surface area contributed by atoms with Crippen LogP contribution in [0, 0.1) is 0 Å². The van der Waals surface area contributed by atoms with E-state index < -0.39 is 10.0 Å². The number of hydrogen-bond donors (Lipinski definition) is 2. The molecule has 0 aliphatic carbocycles. The highest BCUT2D eigenvalue weighted by molar-refractivity contribution is 7.89. The van der Waals surface area contributed by atoms with Crippen LogP contribution in [0.3, 0.4) is 0 Å². The van der Waals surface area contributed by atoms with Crippen molar-refractivity contribution in [3.05, 3.63) is 42.5 Å². The van der Waals surface area contributed by atoms with Crippen molar-refractivity contribution >= 4 is 20.8 Å². The first-order valence-electron chi connectivity index (χ1n) is 7.23. The molecule has 0 bridgehead atoms. The summed E-state index contributed by atoms with van der Waals surface area (Å²) in [6.07, 6.45) is 2.08. The van der Waals surface area contributed by atoms with E-state index in [2.05, 4.69) is 17.0 Å². The van der Waals surface area contributed by atoms with E-state index in [4.69, 9.17) is 0 Å². The predicted molar refractivity (Wildman–Crippen MR) is 84.8 cm³/mol. The van der Waals surface area contributed by atoms with E-state index in [1.807, 2.05) is 30.3 Å². The topological polar surface area (TPSA) is 58.2 Å². The fraction of sp³-hybridized carbons (Fsp3) is 0.375. The molecule has 1 fully saturated rings. The summed E-state index contributed by atoms with van der Waals surface area (Å²) < 4.78 is 28.0. The minimum atomic E-state index is -3.50. The average molecular weight is 304 g/mol. The van der Waals surface area contributed by atoms with Crippen molar-refractivity contribution in [1.29, 1.82) is 0 Å². The molecular weight excluding hydrogens is 284 g/mol. The molecule has 0 spiro atoms. The molecule has 21 heavy (non-hydrogen) atoms. The van der Waals surface area contributed by atoms with Crippen molar-refractivity contribution in [2.75, 3.05) is 13.1 Å². The van der Waals surface area contributed by atoms with Crippen LogP contribution < -0.4 is 10.0 Å². The van der Waals surface area contributed by atoms with E-state index in [-0.39, 0.29) is 5.54 Å². The fourth-order valence-electron chi connectivity index (χ4n) is 2.87. The molecule has 2 aromatic rings. The summed E-state index contributed by atoms with van der Waals surface area (Å²) in [6, 6.07) is 12.9. The lowest BCUT2D eigenvalue weighted by molar-refractivity contribution is 0.409. The Morgan fingerprint density at radius 1 is 1.19 bits per heavy atom. The molecule has 1 atom stereocenters. The lowest BCUT2D eigenvalue weighted by atomic mass is 10.0. The molecule has 112 valence electrons. The molecule has 1 heterocycles. The standard InChI is InChI=1S/C16H20N2O2S/c1-16(10-5-11-17-16)12-18-21(19,20)15-9-4-7-13-6-2-3-8-14(13)15/h2-4,6-9,17-18H,5,10-12H2,1H3. The van der Waals surface area contributed by atoms with Crippen LogP contribution in [0.15, 0.2) is 47.4 Å². The Morgan fingerprint density at radius 2 is 1.95 bits per heavy atom. The number of nitrogens with one attached hydrogen (secondary N) is 2. The van der Waals surface area contributed by atoms with Crippen molar-refractivity contribution in [2.45, 2.75) is 30.2 Å². The van der Waals surface area contributed by atoms with E-state index in [1.165, 1.54) is 0 Å². The number of hydrogen-bond acceptors (Lipinski definition) is 3. The third kappa shape index (κ3) is 2.95. The number of rotatable bonds is 4. The third-order valence-electron chi connectivity index (χ3n) is 4.15. The second-order valence-corrected chi connectivity index (χ2v) is 7.63. The van der Waals surface area contributed by atoms with Gasteiger partial charge in [0.15, 0.2) is 0 Å². The van der Waals surface area contributed by atoms with Crippen LogP contribution in [0.4, 0.5) is 0 Å². The molecule has 1 unspecified atom stereocenters. The largest absolute Gasteiger partial charge is 0.310 e. The van der Waals surface area contributed by atoms with Crippen LogP contribution in [0.2, 0.25) is 0 Å². The van der Waals surface area contributed by atoms with Crippen LogP contribution in [0.5, 0.6) is 0 Å². The van der Waals surface area contributed by atoms with Crippen LogP contribution in [0.1, 0.15) is 19.8 Å². The highest BCUT2D eigenvalue weighted by atomic mass is 32.2. The lowest BCUT2D eigenvalue weighted by Gasteiger charge is -2.24. The molecule has 0 amide bonds. The Hall–Kier alpha value is -1.43. The summed E-state index contributed by atoms with van der Waals surface area (Å²) in [5, 5.41) is 5.06. The highest BCUT2D eigenvalue weighted by Crippen LogP contribution is 2.23. The van der Waals surface area contributed by atoms with Crippen molar-refractivity contribution in [1.82, 2.24) is 10.0 Å². The Kier molecular flexibility index (Phi) is 3.73. The Bertz CT molecular complexity index is 744. The van der Waals surface area contributed by atoms with E-state index in [0.29, 0.717) is 11.4 Å². The number of sulfonamides is 1.